The van der Waals surface area contributed by atoms with Gasteiger partial charge in [0.05, 0.1) is 11.0 Å². The molecule has 0 spiro atoms. The smallest absolute Gasteiger partial charge is 0.272 e. The van der Waals surface area contributed by atoms with Gasteiger partial charge in [0.15, 0.2) is 0 Å². The van der Waals surface area contributed by atoms with E-state index in [1.54, 1.807) is 36.4 Å². The van der Waals surface area contributed by atoms with Gasteiger partial charge in [-0.15, -0.1) is 11.8 Å². The third-order valence-corrected chi connectivity index (χ3v) is 5.25. The minimum Gasteiger partial charge on any atom is -0.272 e. The predicted molar refractivity (Wildman–Crippen MR) is 107 cm³/mol. The minimum atomic E-state index is -0.530. The Morgan fingerprint density at radius 2 is 1.45 bits per heavy atom. The number of hydrogen-bond acceptors (Lipinski definition) is 4. The van der Waals surface area contributed by atoms with E-state index < -0.39 is 11.8 Å². The zero-order valence-corrected chi connectivity index (χ0v) is 16.0. The van der Waals surface area contributed by atoms with Gasteiger partial charge in [-0.3, -0.25) is 25.4 Å². The molecule has 3 aromatic rings. The Morgan fingerprint density at radius 1 is 0.862 bits per heavy atom. The van der Waals surface area contributed by atoms with Crippen LogP contribution in [0.1, 0.15) is 26.9 Å². The van der Waals surface area contributed by atoms with Crippen LogP contribution in [0.2, 0.25) is 0 Å². The summed E-state index contributed by atoms with van der Waals surface area (Å²) in [5.74, 6) is -1.67. The van der Waals surface area contributed by atoms with Crippen LogP contribution >= 0.6 is 11.8 Å². The topological polar surface area (TPSA) is 71.1 Å². The Labute approximate surface area is 170 Å². The van der Waals surface area contributed by atoms with Crippen molar-refractivity contribution in [2.45, 2.75) is 5.25 Å². The molecule has 2 aromatic carbocycles. The maximum absolute atomic E-state index is 13.3. The van der Waals surface area contributed by atoms with Crippen LogP contribution < -0.4 is 10.9 Å². The Hall–Kier alpha value is -3.26. The summed E-state index contributed by atoms with van der Waals surface area (Å²) in [5.41, 5.74) is 6.36. The van der Waals surface area contributed by atoms with E-state index in [2.05, 4.69) is 15.8 Å². The highest BCUT2D eigenvalue weighted by atomic mass is 32.2. The second-order valence-electron chi connectivity index (χ2n) is 6.01. The number of carbonyl (C=O) groups excluding carboxylic acids is 2. The molecule has 0 saturated carbocycles. The van der Waals surface area contributed by atoms with Gasteiger partial charge >= 0.3 is 0 Å². The Bertz CT molecular complexity index is 922. The second-order valence-corrected chi connectivity index (χ2v) is 7.10. The quantitative estimate of drug-likeness (QED) is 0.606. The molecule has 0 aliphatic heterocycles. The maximum Gasteiger partial charge on any atom is 0.288 e. The number of carbonyl (C=O) groups is 2. The van der Waals surface area contributed by atoms with Gasteiger partial charge in [0, 0.05) is 6.20 Å². The third kappa shape index (κ3) is 5.86. The molecule has 0 fully saturated rings. The van der Waals surface area contributed by atoms with Crippen LogP contribution in [0.4, 0.5) is 8.78 Å². The molecule has 0 atom stereocenters. The summed E-state index contributed by atoms with van der Waals surface area (Å²) in [5, 5.41) is -0.312. The molecule has 2 amide bonds. The molecule has 148 valence electrons. The Morgan fingerprint density at radius 3 is 1.97 bits per heavy atom. The fourth-order valence-electron chi connectivity index (χ4n) is 2.54. The van der Waals surface area contributed by atoms with Crippen molar-refractivity contribution < 1.29 is 18.4 Å². The van der Waals surface area contributed by atoms with Gasteiger partial charge in [0.25, 0.3) is 5.91 Å². The number of halogens is 2. The molecule has 0 unspecified atom stereocenters. The fraction of sp³-hybridized carbons (Fsp3) is 0.0952. The number of hydrogen-bond donors (Lipinski definition) is 2. The van der Waals surface area contributed by atoms with Crippen molar-refractivity contribution in [3.8, 4) is 0 Å². The number of hydrazine groups is 1. The highest BCUT2D eigenvalue weighted by molar-refractivity contribution is 8.00. The predicted octanol–water partition coefficient (Wildman–Crippen LogP) is 3.64. The van der Waals surface area contributed by atoms with Crippen LogP contribution in [-0.2, 0) is 4.79 Å². The van der Waals surface area contributed by atoms with Crippen molar-refractivity contribution in [3.63, 3.8) is 0 Å². The number of pyridine rings is 1. The zero-order chi connectivity index (χ0) is 20.6. The fourth-order valence-corrected chi connectivity index (χ4v) is 3.63. The average Bonchev–Trinajstić information content (AvgIpc) is 2.75. The highest BCUT2D eigenvalue weighted by Crippen LogP contribution is 2.35. The van der Waals surface area contributed by atoms with Crippen LogP contribution in [0.15, 0.2) is 72.9 Å². The van der Waals surface area contributed by atoms with Crippen molar-refractivity contribution in [3.05, 3.63) is 101 Å². The summed E-state index contributed by atoms with van der Waals surface area (Å²) >= 11 is 1.27. The summed E-state index contributed by atoms with van der Waals surface area (Å²) in [6, 6.07) is 16.7. The Balaban J connectivity index is 1.63. The third-order valence-electron chi connectivity index (χ3n) is 3.94. The molecule has 0 aliphatic rings. The van der Waals surface area contributed by atoms with Gasteiger partial charge in [0.2, 0.25) is 5.91 Å². The molecule has 0 saturated heterocycles. The molecule has 3 rings (SSSR count). The molecule has 1 aromatic heterocycles. The number of benzene rings is 2. The molecule has 29 heavy (non-hydrogen) atoms. The number of rotatable bonds is 6. The SMILES string of the molecule is O=C(CSC(c1ccc(F)cc1)c1ccc(F)cc1)NNC(=O)c1ccccn1. The molecular formula is C21H17F2N3O2S. The normalized spacial score (nSPS) is 10.6. The lowest BCUT2D eigenvalue weighted by Crippen LogP contribution is -2.42. The summed E-state index contributed by atoms with van der Waals surface area (Å²) in [6.45, 7) is 0. The summed E-state index contributed by atoms with van der Waals surface area (Å²) in [4.78, 5) is 28.0. The van der Waals surface area contributed by atoms with Crippen LogP contribution in [0.3, 0.4) is 0 Å². The van der Waals surface area contributed by atoms with E-state index in [4.69, 9.17) is 0 Å². The van der Waals surface area contributed by atoms with E-state index in [1.807, 2.05) is 0 Å². The lowest BCUT2D eigenvalue weighted by Gasteiger charge is -2.18. The lowest BCUT2D eigenvalue weighted by molar-refractivity contribution is -0.119. The molecule has 2 N–H and O–H groups in total. The van der Waals surface area contributed by atoms with Crippen molar-refractivity contribution in [2.75, 3.05) is 5.75 Å². The molecule has 0 radical (unpaired) electrons. The molecule has 5 nitrogen and oxygen atoms in total. The number of nitrogens with zero attached hydrogens (tertiary/aromatic N) is 1. The second kappa shape index (κ2) is 9.79. The first kappa shape index (κ1) is 20.5. The molecule has 0 bridgehead atoms. The van der Waals surface area contributed by atoms with Crippen LogP contribution in [-0.4, -0.2) is 22.6 Å². The van der Waals surface area contributed by atoms with E-state index in [1.165, 1.54) is 48.3 Å². The van der Waals surface area contributed by atoms with Gasteiger partial charge in [-0.2, -0.15) is 0 Å². The number of nitrogens with one attached hydrogen (secondary N) is 2. The lowest BCUT2D eigenvalue weighted by atomic mass is 10.0. The van der Waals surface area contributed by atoms with Crippen molar-refractivity contribution >= 4 is 23.6 Å². The number of amides is 2. The maximum atomic E-state index is 13.3. The van der Waals surface area contributed by atoms with E-state index >= 15 is 0 Å². The molecular weight excluding hydrogens is 396 g/mol. The van der Waals surface area contributed by atoms with Gasteiger partial charge in [-0.05, 0) is 47.5 Å². The first-order valence-corrected chi connectivity index (χ1v) is 9.70. The summed E-state index contributed by atoms with van der Waals surface area (Å²) in [6.07, 6.45) is 1.47. The minimum absolute atomic E-state index is 0.0158. The Kier molecular flexibility index (Phi) is 6.91. The summed E-state index contributed by atoms with van der Waals surface area (Å²) < 4.78 is 26.5. The van der Waals surface area contributed by atoms with E-state index in [0.717, 1.165) is 11.1 Å². The van der Waals surface area contributed by atoms with Gasteiger partial charge in [-0.1, -0.05) is 30.3 Å². The van der Waals surface area contributed by atoms with Gasteiger partial charge < -0.3 is 0 Å². The zero-order valence-electron chi connectivity index (χ0n) is 15.1. The van der Waals surface area contributed by atoms with Gasteiger partial charge in [-0.25, -0.2) is 8.78 Å². The average molecular weight is 413 g/mol. The van der Waals surface area contributed by atoms with Gasteiger partial charge in [0.1, 0.15) is 17.3 Å². The van der Waals surface area contributed by atoms with Crippen molar-refractivity contribution in [1.82, 2.24) is 15.8 Å². The number of aromatic nitrogens is 1. The van der Waals surface area contributed by atoms with E-state index in [9.17, 15) is 18.4 Å². The number of thioether (sulfide) groups is 1. The van der Waals surface area contributed by atoms with E-state index in [0.29, 0.717) is 0 Å². The van der Waals surface area contributed by atoms with E-state index in [-0.39, 0.29) is 28.3 Å². The first-order chi connectivity index (χ1) is 14.0. The molecule has 8 heteroatoms. The molecule has 0 aliphatic carbocycles. The standard InChI is InChI=1S/C21H17F2N3O2S/c22-16-8-4-14(5-9-16)20(15-6-10-17(23)11-7-15)29-13-19(27)25-26-21(28)18-3-1-2-12-24-18/h1-12,20H,13H2,(H,25,27)(H,26,28). The van der Waals surface area contributed by atoms with Crippen LogP contribution in [0.25, 0.3) is 0 Å². The van der Waals surface area contributed by atoms with Crippen LogP contribution in [0.5, 0.6) is 0 Å². The van der Waals surface area contributed by atoms with Crippen molar-refractivity contribution in [1.29, 1.82) is 0 Å². The summed E-state index contributed by atoms with van der Waals surface area (Å²) in [7, 11) is 0. The largest absolute Gasteiger partial charge is 0.288 e. The highest BCUT2D eigenvalue weighted by Gasteiger charge is 2.17. The first-order valence-electron chi connectivity index (χ1n) is 8.65. The molecule has 1 heterocycles. The van der Waals surface area contributed by atoms with Crippen molar-refractivity contribution in [2.24, 2.45) is 0 Å². The van der Waals surface area contributed by atoms with Crippen LogP contribution in [0, 0.1) is 11.6 Å². The monoisotopic (exact) mass is 413 g/mol.